The Morgan fingerprint density at radius 3 is 2.41 bits per heavy atom. The number of amides is 3. The van der Waals surface area contributed by atoms with Crippen molar-refractivity contribution in [3.8, 4) is 0 Å². The van der Waals surface area contributed by atoms with Gasteiger partial charge in [-0.25, -0.2) is 4.98 Å². The van der Waals surface area contributed by atoms with Crippen LogP contribution in [0.15, 0.2) is 5.38 Å². The van der Waals surface area contributed by atoms with Gasteiger partial charge in [0.15, 0.2) is 6.10 Å². The van der Waals surface area contributed by atoms with Crippen molar-refractivity contribution in [1.29, 1.82) is 0 Å². The molecule has 0 radical (unpaired) electrons. The molecule has 4 atom stereocenters. The first-order valence-corrected chi connectivity index (χ1v) is 16.6. The summed E-state index contributed by atoms with van der Waals surface area (Å²) < 4.78 is 5.70. The highest BCUT2D eigenvalue weighted by Crippen LogP contribution is 2.67. The van der Waals surface area contributed by atoms with Crippen molar-refractivity contribution in [2.75, 3.05) is 20.6 Å². The molecule has 5 aliphatic rings. The van der Waals surface area contributed by atoms with Crippen molar-refractivity contribution < 1.29 is 33.8 Å². The topological polar surface area (TPSA) is 158 Å². The molecule has 242 valence electrons. The van der Waals surface area contributed by atoms with Crippen LogP contribution in [0, 0.1) is 17.3 Å². The highest BCUT2D eigenvalue weighted by molar-refractivity contribution is 7.09. The first-order chi connectivity index (χ1) is 20.7. The van der Waals surface area contributed by atoms with Crippen LogP contribution in [0.1, 0.15) is 100 Å². The van der Waals surface area contributed by atoms with Gasteiger partial charge < -0.3 is 25.4 Å². The Bertz CT molecular complexity index is 1290. The third kappa shape index (κ3) is 6.49. The van der Waals surface area contributed by atoms with Gasteiger partial charge in [-0.15, -0.1) is 11.3 Å². The number of nitrogens with zero attached hydrogens (tertiary/aromatic N) is 3. The molecule has 2 heterocycles. The zero-order chi connectivity index (χ0) is 32.0. The van der Waals surface area contributed by atoms with E-state index in [2.05, 4.69) is 20.5 Å². The Morgan fingerprint density at radius 2 is 1.84 bits per heavy atom. The number of carboxylic acid groups (broad SMARTS) is 1. The molecule has 0 aromatic carbocycles. The average Bonchev–Trinajstić information content (AvgIpc) is 3.64. The summed E-state index contributed by atoms with van der Waals surface area (Å²) in [5, 5.41) is 17.5. The SMILES string of the molecule is CC(=O)O[C@H](C[C@H](C(C)C)N(C)C(=O)[C@@H](NC(=O)[C@H]1CCCCN1C)C1CC1)c1nc(C(=O)NC23CC(C(=O)O)(C2)C3)cs1. The molecule has 13 heteroatoms. The van der Waals surface area contributed by atoms with Gasteiger partial charge >= 0.3 is 11.9 Å². The lowest BCUT2D eigenvalue weighted by molar-refractivity contribution is -0.196. The van der Waals surface area contributed by atoms with Gasteiger partial charge in [0, 0.05) is 37.4 Å². The molecule has 44 heavy (non-hydrogen) atoms. The van der Waals surface area contributed by atoms with E-state index in [4.69, 9.17) is 4.74 Å². The zero-order valence-electron chi connectivity index (χ0n) is 26.3. The first kappa shape index (κ1) is 32.3. The number of ether oxygens (including phenoxy) is 1. The zero-order valence-corrected chi connectivity index (χ0v) is 27.1. The standard InChI is InChI=1S/C31H45N5O7S/c1-17(2)22(36(5)28(40)24(19-9-10-19)33-26(39)21-8-6-7-11-35(21)4)12-23(43-18(3)37)27-32-20(13-44-27)25(38)34-31-14-30(15-31,16-31)29(41)42/h13,17,19,21-24H,6-12,14-16H2,1-5H3,(H,33,39)(H,34,38)(H,41,42)/t21-,22-,23-,24+,30?,31?/m1/s1. The van der Waals surface area contributed by atoms with Gasteiger partial charge in [-0.1, -0.05) is 20.3 Å². The highest BCUT2D eigenvalue weighted by Gasteiger charge is 2.72. The Balaban J connectivity index is 1.26. The van der Waals surface area contributed by atoms with Gasteiger partial charge in [-0.2, -0.15) is 0 Å². The van der Waals surface area contributed by atoms with Gasteiger partial charge in [0.2, 0.25) is 11.8 Å². The molecule has 5 fully saturated rings. The van der Waals surface area contributed by atoms with Crippen LogP contribution in [-0.4, -0.2) is 93.9 Å². The van der Waals surface area contributed by atoms with Gasteiger partial charge in [-0.05, 0) is 70.4 Å². The maximum Gasteiger partial charge on any atom is 0.309 e. The Kier molecular flexibility index (Phi) is 9.10. The summed E-state index contributed by atoms with van der Waals surface area (Å²) in [6.45, 7) is 6.17. The largest absolute Gasteiger partial charge is 0.481 e. The maximum atomic E-state index is 13.9. The summed E-state index contributed by atoms with van der Waals surface area (Å²) in [6.07, 6.45) is 5.36. The van der Waals surface area contributed by atoms with Crippen LogP contribution in [0.2, 0.25) is 0 Å². The number of thiazole rings is 1. The highest BCUT2D eigenvalue weighted by atomic mass is 32.1. The fourth-order valence-corrected chi connectivity index (χ4v) is 8.18. The molecule has 0 spiro atoms. The van der Waals surface area contributed by atoms with Crippen LogP contribution >= 0.6 is 11.3 Å². The molecule has 3 amide bonds. The quantitative estimate of drug-likeness (QED) is 0.278. The molecule has 6 rings (SSSR count). The van der Waals surface area contributed by atoms with Crippen LogP contribution in [0.5, 0.6) is 0 Å². The minimum Gasteiger partial charge on any atom is -0.481 e. The number of aliphatic carboxylic acids is 1. The average molecular weight is 632 g/mol. The number of hydrogen-bond acceptors (Lipinski definition) is 9. The van der Waals surface area contributed by atoms with E-state index in [0.29, 0.717) is 24.3 Å². The van der Waals surface area contributed by atoms with E-state index in [1.54, 1.807) is 17.3 Å². The molecule has 1 aliphatic heterocycles. The monoisotopic (exact) mass is 631 g/mol. The van der Waals surface area contributed by atoms with Gasteiger partial charge in [0.05, 0.1) is 11.5 Å². The van der Waals surface area contributed by atoms with Gasteiger partial charge in [0.1, 0.15) is 16.7 Å². The number of rotatable bonds is 13. The minimum absolute atomic E-state index is 0.00407. The number of hydrogen-bond donors (Lipinski definition) is 3. The second-order valence-corrected chi connectivity index (χ2v) is 14.7. The van der Waals surface area contributed by atoms with Crippen molar-refractivity contribution in [3.63, 3.8) is 0 Å². The number of nitrogens with one attached hydrogen (secondary N) is 2. The smallest absolute Gasteiger partial charge is 0.309 e. The van der Waals surface area contributed by atoms with E-state index in [0.717, 1.165) is 38.6 Å². The molecule has 1 aromatic rings. The third-order valence-corrected chi connectivity index (χ3v) is 10.9. The van der Waals surface area contributed by atoms with E-state index in [1.165, 1.54) is 18.3 Å². The molecule has 0 unspecified atom stereocenters. The number of carbonyl (C=O) groups is 5. The Morgan fingerprint density at radius 1 is 1.16 bits per heavy atom. The minimum atomic E-state index is -0.820. The third-order valence-electron chi connectivity index (χ3n) is 10.0. The van der Waals surface area contributed by atoms with Crippen molar-refractivity contribution >= 4 is 41.0 Å². The molecular formula is C31H45N5O7S. The predicted octanol–water partition coefficient (Wildman–Crippen LogP) is 2.74. The summed E-state index contributed by atoms with van der Waals surface area (Å²) >= 11 is 1.21. The summed E-state index contributed by atoms with van der Waals surface area (Å²) in [5.74, 6) is -1.86. The fraction of sp³-hybridized carbons (Fsp3) is 0.742. The molecule has 12 nitrogen and oxygen atoms in total. The molecule has 2 bridgehead atoms. The van der Waals surface area contributed by atoms with Crippen LogP contribution in [-0.2, 0) is 23.9 Å². The second kappa shape index (κ2) is 12.4. The van der Waals surface area contributed by atoms with Crippen molar-refractivity contribution in [3.05, 3.63) is 16.1 Å². The second-order valence-electron chi connectivity index (χ2n) is 13.8. The van der Waals surface area contributed by atoms with Crippen molar-refractivity contribution in [1.82, 2.24) is 25.4 Å². The number of carboxylic acids is 1. The van der Waals surface area contributed by atoms with Crippen LogP contribution in [0.25, 0.3) is 0 Å². The first-order valence-electron chi connectivity index (χ1n) is 15.7. The summed E-state index contributed by atoms with van der Waals surface area (Å²) in [4.78, 5) is 72.0. The maximum absolute atomic E-state index is 13.9. The molecule has 1 saturated heterocycles. The van der Waals surface area contributed by atoms with Crippen LogP contribution < -0.4 is 10.6 Å². The molecule has 4 aliphatic carbocycles. The van der Waals surface area contributed by atoms with E-state index < -0.39 is 35.0 Å². The van der Waals surface area contributed by atoms with E-state index in [9.17, 15) is 29.1 Å². The Hall–Kier alpha value is -3.06. The fourth-order valence-electron chi connectivity index (χ4n) is 7.34. The van der Waals surface area contributed by atoms with Gasteiger partial charge in [0.25, 0.3) is 5.91 Å². The lowest BCUT2D eigenvalue weighted by Gasteiger charge is -2.67. The van der Waals surface area contributed by atoms with E-state index in [-0.39, 0.29) is 53.8 Å². The number of likely N-dealkylation sites (tertiary alicyclic amines) is 1. The number of piperidine rings is 1. The predicted molar refractivity (Wildman–Crippen MR) is 162 cm³/mol. The number of likely N-dealkylation sites (N-methyl/N-ethyl adjacent to an activating group) is 2. The lowest BCUT2D eigenvalue weighted by atomic mass is 9.39. The van der Waals surface area contributed by atoms with Gasteiger partial charge in [-0.3, -0.25) is 28.9 Å². The van der Waals surface area contributed by atoms with Crippen LogP contribution in [0.3, 0.4) is 0 Å². The van der Waals surface area contributed by atoms with Crippen LogP contribution in [0.4, 0.5) is 0 Å². The normalized spacial score (nSPS) is 28.1. The summed E-state index contributed by atoms with van der Waals surface area (Å²) in [6, 6.07) is -1.18. The molecule has 1 aromatic heterocycles. The van der Waals surface area contributed by atoms with E-state index >= 15 is 0 Å². The van der Waals surface area contributed by atoms with Crippen molar-refractivity contribution in [2.45, 2.75) is 108 Å². The van der Waals surface area contributed by atoms with E-state index in [1.807, 2.05) is 20.9 Å². The number of carbonyl (C=O) groups excluding carboxylic acids is 4. The summed E-state index contributed by atoms with van der Waals surface area (Å²) in [7, 11) is 3.69. The van der Waals surface area contributed by atoms with Crippen molar-refractivity contribution in [2.24, 2.45) is 17.3 Å². The lowest BCUT2D eigenvalue weighted by Crippen LogP contribution is -2.77. The molecule has 4 saturated carbocycles. The number of esters is 1. The summed E-state index contributed by atoms with van der Waals surface area (Å²) in [5.41, 5.74) is -1.00. The molecular weight excluding hydrogens is 586 g/mol. The molecule has 3 N–H and O–H groups in total. The Labute approximate surface area is 262 Å². The number of aromatic nitrogens is 1.